The van der Waals surface area contributed by atoms with Crippen molar-refractivity contribution in [1.29, 1.82) is 0 Å². The number of pyridine rings is 1. The van der Waals surface area contributed by atoms with Gasteiger partial charge in [0.05, 0.1) is 12.2 Å². The first kappa shape index (κ1) is 20.8. The van der Waals surface area contributed by atoms with Crippen LogP contribution in [0.15, 0.2) is 57.4 Å². The van der Waals surface area contributed by atoms with E-state index in [0.717, 1.165) is 4.57 Å². The highest BCUT2D eigenvalue weighted by Gasteiger charge is 2.20. The van der Waals surface area contributed by atoms with E-state index >= 15 is 0 Å². The molecule has 0 atom stereocenters. The van der Waals surface area contributed by atoms with Gasteiger partial charge in [-0.25, -0.2) is 14.2 Å². The van der Waals surface area contributed by atoms with Gasteiger partial charge in [-0.1, -0.05) is 18.7 Å². The van der Waals surface area contributed by atoms with Crippen molar-refractivity contribution in [2.45, 2.75) is 20.1 Å². The second-order valence-electron chi connectivity index (χ2n) is 5.88. The minimum atomic E-state index is -0.617. The summed E-state index contributed by atoms with van der Waals surface area (Å²) in [6.45, 7) is 8.48. The zero-order valence-electron chi connectivity index (χ0n) is 15.8. The Hall–Kier alpha value is -3.49. The summed E-state index contributed by atoms with van der Waals surface area (Å²) in [4.78, 5) is 36.6. The highest BCUT2D eigenvalue weighted by molar-refractivity contribution is 5.63. The van der Waals surface area contributed by atoms with E-state index in [9.17, 15) is 14.0 Å². The minimum absolute atomic E-state index is 0.0220. The highest BCUT2D eigenvalue weighted by Crippen LogP contribution is 2.22. The third kappa shape index (κ3) is 4.81. The monoisotopic (exact) mass is 387 g/mol. The number of nitrogens with zero attached hydrogens (tertiary/aromatic N) is 4. The fraction of sp³-hybridized carbons (Fsp3) is 0.263. The Morgan fingerprint density at radius 3 is 2.79 bits per heavy atom. The lowest BCUT2D eigenvalue weighted by Crippen LogP contribution is -2.39. The Balaban J connectivity index is 2.47. The predicted molar refractivity (Wildman–Crippen MR) is 107 cm³/mol. The smallest absolute Gasteiger partial charge is 0.329 e. The number of aliphatic imine (C=N–C) groups is 1. The molecule has 2 aromatic rings. The van der Waals surface area contributed by atoms with Gasteiger partial charge in [0.15, 0.2) is 12.5 Å². The molecule has 2 heterocycles. The molecule has 0 saturated heterocycles. The molecule has 0 aliphatic carbocycles. The van der Waals surface area contributed by atoms with E-state index in [2.05, 4.69) is 28.3 Å². The maximum atomic E-state index is 12.7. The summed E-state index contributed by atoms with van der Waals surface area (Å²) in [6.07, 6.45) is 4.86. The van der Waals surface area contributed by atoms with E-state index in [0.29, 0.717) is 17.0 Å². The summed E-state index contributed by atoms with van der Waals surface area (Å²) in [5.74, 6) is 0.413. The van der Waals surface area contributed by atoms with Crippen LogP contribution in [0.2, 0.25) is 0 Å². The first-order valence-electron chi connectivity index (χ1n) is 8.40. The topological polar surface area (TPSA) is 92.6 Å². The van der Waals surface area contributed by atoms with Crippen molar-refractivity contribution >= 4 is 18.2 Å². The van der Waals surface area contributed by atoms with Crippen molar-refractivity contribution in [3.8, 4) is 0 Å². The quantitative estimate of drug-likeness (QED) is 0.309. The number of ether oxygens (including phenoxy) is 1. The lowest BCUT2D eigenvalue weighted by Gasteiger charge is -2.25. The molecular weight excluding hydrogens is 365 g/mol. The highest BCUT2D eigenvalue weighted by atomic mass is 19.1. The molecule has 0 bridgehead atoms. The lowest BCUT2D eigenvalue weighted by atomic mass is 10.2. The van der Waals surface area contributed by atoms with Gasteiger partial charge in [0, 0.05) is 18.8 Å². The van der Waals surface area contributed by atoms with Crippen LogP contribution in [0.3, 0.4) is 0 Å². The third-order valence-electron chi connectivity index (χ3n) is 3.89. The third-order valence-corrected chi connectivity index (χ3v) is 3.89. The number of alkyl halides is 1. The van der Waals surface area contributed by atoms with E-state index in [1.54, 1.807) is 29.2 Å². The molecule has 0 amide bonds. The second-order valence-corrected chi connectivity index (χ2v) is 5.88. The summed E-state index contributed by atoms with van der Waals surface area (Å²) in [5.41, 5.74) is -0.0589. The predicted octanol–water partition coefficient (Wildman–Crippen LogP) is 2.34. The SMILES string of the molecule is C=Nc1[nH]c(=O)n(C)c(=O)c1N(COC(=C)/C=C/C)Cc1ccc(CF)cn1. The van der Waals surface area contributed by atoms with E-state index in [-0.39, 0.29) is 24.8 Å². The Kier molecular flexibility index (Phi) is 7.02. The van der Waals surface area contributed by atoms with Crippen LogP contribution in [0.5, 0.6) is 0 Å². The molecule has 0 unspecified atom stereocenters. The number of allylic oxidation sites excluding steroid dienone is 2. The molecule has 0 aliphatic heterocycles. The van der Waals surface area contributed by atoms with Crippen LogP contribution in [0, 0.1) is 0 Å². The number of hydrogen-bond donors (Lipinski definition) is 1. The van der Waals surface area contributed by atoms with Crippen molar-refractivity contribution in [2.24, 2.45) is 12.0 Å². The normalized spacial score (nSPS) is 10.8. The maximum absolute atomic E-state index is 12.7. The van der Waals surface area contributed by atoms with Gasteiger partial charge in [0.1, 0.15) is 18.1 Å². The molecule has 0 fully saturated rings. The van der Waals surface area contributed by atoms with Gasteiger partial charge in [-0.15, -0.1) is 0 Å². The number of nitrogens with one attached hydrogen (secondary N) is 1. The number of halogens is 1. The molecule has 148 valence electrons. The summed E-state index contributed by atoms with van der Waals surface area (Å²) in [7, 11) is 1.35. The van der Waals surface area contributed by atoms with Crippen molar-refractivity contribution in [2.75, 3.05) is 11.6 Å². The lowest BCUT2D eigenvalue weighted by molar-refractivity contribution is 0.222. The maximum Gasteiger partial charge on any atom is 0.329 e. The largest absolute Gasteiger partial charge is 0.474 e. The van der Waals surface area contributed by atoms with E-state index in [4.69, 9.17) is 4.74 Å². The number of hydrogen-bond acceptors (Lipinski definition) is 6. The average molecular weight is 387 g/mol. The van der Waals surface area contributed by atoms with Gasteiger partial charge in [0.25, 0.3) is 5.56 Å². The van der Waals surface area contributed by atoms with Gasteiger partial charge in [-0.05, 0) is 25.8 Å². The van der Waals surface area contributed by atoms with Gasteiger partial charge in [0.2, 0.25) is 0 Å². The molecule has 8 nitrogen and oxygen atoms in total. The average Bonchev–Trinajstić information content (AvgIpc) is 2.70. The van der Waals surface area contributed by atoms with Gasteiger partial charge < -0.3 is 9.64 Å². The summed E-state index contributed by atoms with van der Waals surface area (Å²) in [5, 5.41) is 0. The van der Waals surface area contributed by atoms with Crippen molar-refractivity contribution in [3.05, 3.63) is 74.9 Å². The Morgan fingerprint density at radius 1 is 1.46 bits per heavy atom. The van der Waals surface area contributed by atoms with Gasteiger partial charge in [-0.3, -0.25) is 19.3 Å². The van der Waals surface area contributed by atoms with E-state index in [1.165, 1.54) is 13.2 Å². The molecule has 1 N–H and O–H groups in total. The zero-order valence-corrected chi connectivity index (χ0v) is 15.8. The van der Waals surface area contributed by atoms with Crippen LogP contribution in [0.25, 0.3) is 0 Å². The van der Waals surface area contributed by atoms with Crippen molar-refractivity contribution < 1.29 is 9.13 Å². The summed E-state index contributed by atoms with van der Waals surface area (Å²) in [6, 6.07) is 3.26. The van der Waals surface area contributed by atoms with Crippen LogP contribution in [-0.2, 0) is 25.0 Å². The molecule has 2 rings (SSSR count). The van der Waals surface area contributed by atoms with Gasteiger partial charge >= 0.3 is 5.69 Å². The Bertz CT molecular complexity index is 992. The molecule has 2 aromatic heterocycles. The van der Waals surface area contributed by atoms with E-state index < -0.39 is 17.9 Å². The Morgan fingerprint density at radius 2 is 2.21 bits per heavy atom. The zero-order chi connectivity index (χ0) is 20.7. The molecule has 0 saturated carbocycles. The molecule has 0 radical (unpaired) electrons. The van der Waals surface area contributed by atoms with Crippen LogP contribution in [0.1, 0.15) is 18.2 Å². The fourth-order valence-electron chi connectivity index (χ4n) is 2.40. The van der Waals surface area contributed by atoms with Crippen LogP contribution < -0.4 is 16.1 Å². The van der Waals surface area contributed by atoms with Crippen LogP contribution in [0.4, 0.5) is 15.9 Å². The summed E-state index contributed by atoms with van der Waals surface area (Å²) >= 11 is 0. The standard InChI is InChI=1S/C19H22FN5O3/c1-5-6-13(2)28-12-25(11-15-8-7-14(9-20)10-22-15)16-17(21-3)23-19(27)24(4)18(16)26/h5-8,10H,2-3,9,11-12H2,1,4H3,(H,23,27)/b6-5+. The molecule has 9 heteroatoms. The number of H-pyrrole nitrogens is 1. The van der Waals surface area contributed by atoms with E-state index in [1.807, 2.05) is 6.92 Å². The Labute approximate surface area is 161 Å². The molecule has 0 aromatic carbocycles. The minimum Gasteiger partial charge on any atom is -0.474 e. The molecule has 0 spiro atoms. The number of aromatic nitrogens is 3. The fourth-order valence-corrected chi connectivity index (χ4v) is 2.40. The second kappa shape index (κ2) is 9.45. The molecule has 0 aliphatic rings. The first-order valence-corrected chi connectivity index (χ1v) is 8.40. The first-order chi connectivity index (χ1) is 13.4. The number of aromatic amines is 1. The molecular formula is C19H22FN5O3. The van der Waals surface area contributed by atoms with Gasteiger partial charge in [-0.2, -0.15) is 0 Å². The van der Waals surface area contributed by atoms with Crippen LogP contribution >= 0.6 is 0 Å². The van der Waals surface area contributed by atoms with Crippen molar-refractivity contribution in [1.82, 2.24) is 14.5 Å². The summed E-state index contributed by atoms with van der Waals surface area (Å²) < 4.78 is 19.2. The molecule has 28 heavy (non-hydrogen) atoms. The number of anilines is 1. The number of rotatable bonds is 9. The van der Waals surface area contributed by atoms with Crippen LogP contribution in [-0.4, -0.2) is 28.0 Å². The van der Waals surface area contributed by atoms with Crippen molar-refractivity contribution in [3.63, 3.8) is 0 Å².